The van der Waals surface area contributed by atoms with Crippen molar-refractivity contribution in [3.63, 3.8) is 0 Å². The number of alkyl halides is 2. The van der Waals surface area contributed by atoms with Crippen LogP contribution in [0.2, 0.25) is 0 Å². The van der Waals surface area contributed by atoms with Crippen LogP contribution in [0.3, 0.4) is 0 Å². The quantitative estimate of drug-likeness (QED) is 0.597. The first kappa shape index (κ1) is 12.3. The number of nitrogens with zero attached hydrogens (tertiary/aromatic N) is 2. The van der Waals surface area contributed by atoms with Gasteiger partial charge in [0.25, 0.3) is 6.43 Å². The Bertz CT molecular complexity index is 409. The van der Waals surface area contributed by atoms with Crippen LogP contribution in [0.4, 0.5) is 8.78 Å². The molecule has 0 saturated heterocycles. The maximum absolute atomic E-state index is 12.0. The lowest BCUT2D eigenvalue weighted by Gasteiger charge is -2.11. The summed E-state index contributed by atoms with van der Waals surface area (Å²) in [6.45, 7) is 2.57. The summed E-state index contributed by atoms with van der Waals surface area (Å²) in [6, 6.07) is 0. The van der Waals surface area contributed by atoms with Crippen molar-refractivity contribution in [2.24, 2.45) is 5.73 Å². The Balaban J connectivity index is 3.08. The number of aromatic nitrogens is 2. The monoisotopic (exact) mass is 230 g/mol. The maximum atomic E-state index is 12.0. The van der Waals surface area contributed by atoms with E-state index >= 15 is 0 Å². The van der Waals surface area contributed by atoms with Crippen LogP contribution in [0.25, 0.3) is 0 Å². The SMILES string of the molecule is Cc1nnc(OCC(F)F)c(C(=N)N)c1C. The molecule has 0 bridgehead atoms. The molecule has 0 unspecified atom stereocenters. The molecule has 88 valence electrons. The molecule has 0 fully saturated rings. The number of nitrogen functional groups attached to an aromatic ring is 1. The Labute approximate surface area is 91.1 Å². The van der Waals surface area contributed by atoms with Gasteiger partial charge in [-0.15, -0.1) is 5.10 Å². The molecule has 1 aromatic heterocycles. The second-order valence-electron chi connectivity index (χ2n) is 3.21. The van der Waals surface area contributed by atoms with Crippen molar-refractivity contribution in [3.05, 3.63) is 16.8 Å². The number of amidine groups is 1. The maximum Gasteiger partial charge on any atom is 0.272 e. The highest BCUT2D eigenvalue weighted by molar-refractivity contribution is 5.98. The molecular weight excluding hydrogens is 218 g/mol. The Morgan fingerprint density at radius 3 is 2.56 bits per heavy atom. The molecule has 5 nitrogen and oxygen atoms in total. The second kappa shape index (κ2) is 4.82. The molecule has 0 amide bonds. The zero-order valence-corrected chi connectivity index (χ0v) is 8.92. The number of rotatable bonds is 4. The van der Waals surface area contributed by atoms with Crippen molar-refractivity contribution in [1.82, 2.24) is 10.2 Å². The molecule has 3 N–H and O–H groups in total. The average Bonchev–Trinajstić information content (AvgIpc) is 2.19. The first-order valence-corrected chi connectivity index (χ1v) is 4.52. The van der Waals surface area contributed by atoms with Crippen LogP contribution in [-0.2, 0) is 0 Å². The predicted octanol–water partition coefficient (Wildman–Crippen LogP) is 1.02. The highest BCUT2D eigenvalue weighted by Crippen LogP contribution is 2.20. The highest BCUT2D eigenvalue weighted by atomic mass is 19.3. The zero-order valence-electron chi connectivity index (χ0n) is 8.92. The fraction of sp³-hybridized carbons (Fsp3) is 0.444. The molecule has 1 rings (SSSR count). The van der Waals surface area contributed by atoms with Crippen molar-refractivity contribution < 1.29 is 13.5 Å². The Kier molecular flexibility index (Phi) is 3.70. The van der Waals surface area contributed by atoms with Gasteiger partial charge in [-0.1, -0.05) is 0 Å². The lowest BCUT2D eigenvalue weighted by atomic mass is 10.1. The second-order valence-corrected chi connectivity index (χ2v) is 3.21. The number of halogens is 2. The van der Waals surface area contributed by atoms with Crippen molar-refractivity contribution in [1.29, 1.82) is 5.41 Å². The van der Waals surface area contributed by atoms with E-state index in [1.165, 1.54) is 0 Å². The fourth-order valence-electron chi connectivity index (χ4n) is 1.15. The van der Waals surface area contributed by atoms with E-state index in [0.717, 1.165) is 0 Å². The summed E-state index contributed by atoms with van der Waals surface area (Å²) in [5, 5.41) is 14.7. The average molecular weight is 230 g/mol. The molecule has 0 spiro atoms. The van der Waals surface area contributed by atoms with E-state index in [0.29, 0.717) is 11.3 Å². The molecule has 0 aliphatic heterocycles. The molecule has 16 heavy (non-hydrogen) atoms. The van der Waals surface area contributed by atoms with E-state index in [-0.39, 0.29) is 17.3 Å². The molecule has 7 heteroatoms. The zero-order chi connectivity index (χ0) is 12.3. The van der Waals surface area contributed by atoms with Gasteiger partial charge in [0, 0.05) is 0 Å². The molecule has 0 radical (unpaired) electrons. The summed E-state index contributed by atoms with van der Waals surface area (Å²) in [5.74, 6) is -0.407. The van der Waals surface area contributed by atoms with Gasteiger partial charge in [-0.25, -0.2) is 8.78 Å². The van der Waals surface area contributed by atoms with E-state index < -0.39 is 13.0 Å². The van der Waals surface area contributed by atoms with Gasteiger partial charge in [-0.3, -0.25) is 5.41 Å². The van der Waals surface area contributed by atoms with Crippen LogP contribution in [0, 0.1) is 19.3 Å². The summed E-state index contributed by atoms with van der Waals surface area (Å²) in [5.41, 5.74) is 6.74. The number of ether oxygens (including phenoxy) is 1. The standard InChI is InChI=1S/C9H12F2N4O/c1-4-5(2)14-15-9(7(4)8(12)13)16-3-6(10)11/h6H,3H2,1-2H3,(H3,12,13). The summed E-state index contributed by atoms with van der Waals surface area (Å²) in [4.78, 5) is 0. The van der Waals surface area contributed by atoms with Crippen LogP contribution in [-0.4, -0.2) is 29.1 Å². The summed E-state index contributed by atoms with van der Waals surface area (Å²) < 4.78 is 28.7. The van der Waals surface area contributed by atoms with Gasteiger partial charge in [0.05, 0.1) is 11.3 Å². The molecule has 0 aliphatic carbocycles. The Morgan fingerprint density at radius 2 is 2.06 bits per heavy atom. The minimum Gasteiger partial charge on any atom is -0.470 e. The Morgan fingerprint density at radius 1 is 1.44 bits per heavy atom. The lowest BCUT2D eigenvalue weighted by molar-refractivity contribution is 0.0789. The third-order valence-corrected chi connectivity index (χ3v) is 2.04. The number of hydrogen-bond acceptors (Lipinski definition) is 4. The number of aryl methyl sites for hydroxylation is 1. The topological polar surface area (TPSA) is 84.9 Å². The molecule has 0 aromatic carbocycles. The van der Waals surface area contributed by atoms with Crippen LogP contribution in [0.5, 0.6) is 5.88 Å². The molecule has 0 saturated carbocycles. The van der Waals surface area contributed by atoms with Gasteiger partial charge in [0.2, 0.25) is 5.88 Å². The van der Waals surface area contributed by atoms with Gasteiger partial charge in [0.1, 0.15) is 5.84 Å². The summed E-state index contributed by atoms with van der Waals surface area (Å²) >= 11 is 0. The number of nitrogens with one attached hydrogen (secondary N) is 1. The number of nitrogens with two attached hydrogens (primary N) is 1. The van der Waals surface area contributed by atoms with E-state index in [1.54, 1.807) is 13.8 Å². The summed E-state index contributed by atoms with van der Waals surface area (Å²) in [6.07, 6.45) is -2.61. The third-order valence-electron chi connectivity index (χ3n) is 2.04. The van der Waals surface area contributed by atoms with Gasteiger partial charge in [-0.05, 0) is 19.4 Å². The van der Waals surface area contributed by atoms with Gasteiger partial charge < -0.3 is 10.5 Å². The van der Waals surface area contributed by atoms with Crippen LogP contribution in [0.15, 0.2) is 0 Å². The van der Waals surface area contributed by atoms with Gasteiger partial charge >= 0.3 is 0 Å². The normalized spacial score (nSPS) is 10.6. The van der Waals surface area contributed by atoms with Crippen LogP contribution < -0.4 is 10.5 Å². The Hall–Kier alpha value is -1.79. The highest BCUT2D eigenvalue weighted by Gasteiger charge is 2.16. The van der Waals surface area contributed by atoms with Crippen molar-refractivity contribution in [2.75, 3.05) is 6.61 Å². The lowest BCUT2D eigenvalue weighted by Crippen LogP contribution is -2.19. The molecule has 1 heterocycles. The third kappa shape index (κ3) is 2.62. The van der Waals surface area contributed by atoms with Crippen molar-refractivity contribution in [3.8, 4) is 5.88 Å². The van der Waals surface area contributed by atoms with E-state index in [4.69, 9.17) is 15.9 Å². The van der Waals surface area contributed by atoms with Crippen molar-refractivity contribution >= 4 is 5.84 Å². The minimum atomic E-state index is -2.61. The first-order chi connectivity index (χ1) is 7.43. The van der Waals surface area contributed by atoms with E-state index in [1.807, 2.05) is 0 Å². The molecule has 0 aliphatic rings. The smallest absolute Gasteiger partial charge is 0.272 e. The van der Waals surface area contributed by atoms with Gasteiger partial charge in [0.15, 0.2) is 6.61 Å². The number of hydrogen-bond donors (Lipinski definition) is 2. The van der Waals surface area contributed by atoms with Crippen LogP contribution >= 0.6 is 0 Å². The van der Waals surface area contributed by atoms with Crippen molar-refractivity contribution in [2.45, 2.75) is 20.3 Å². The van der Waals surface area contributed by atoms with Crippen LogP contribution in [0.1, 0.15) is 16.8 Å². The molecule has 0 atom stereocenters. The molecule has 1 aromatic rings. The molecular formula is C9H12F2N4O. The van der Waals surface area contributed by atoms with E-state index in [9.17, 15) is 8.78 Å². The fourth-order valence-corrected chi connectivity index (χ4v) is 1.15. The van der Waals surface area contributed by atoms with Gasteiger partial charge in [-0.2, -0.15) is 5.10 Å². The van der Waals surface area contributed by atoms with E-state index in [2.05, 4.69) is 10.2 Å². The largest absolute Gasteiger partial charge is 0.470 e. The first-order valence-electron chi connectivity index (χ1n) is 4.52. The minimum absolute atomic E-state index is 0.129. The summed E-state index contributed by atoms with van der Waals surface area (Å²) in [7, 11) is 0. The predicted molar refractivity (Wildman–Crippen MR) is 54.0 cm³/mol.